The van der Waals surface area contributed by atoms with Gasteiger partial charge in [-0.15, -0.1) is 0 Å². The third-order valence-electron chi connectivity index (χ3n) is 2.18. The maximum atomic E-state index is 12.1. The first-order chi connectivity index (χ1) is 9.40. The fraction of sp³-hybridized carbons (Fsp3) is 0.100. The first-order valence-corrected chi connectivity index (χ1v) is 7.10. The highest BCUT2D eigenvalue weighted by molar-refractivity contribution is 7.92. The Bertz CT molecular complexity index is 720. The molecule has 0 atom stereocenters. The van der Waals surface area contributed by atoms with Gasteiger partial charge >= 0.3 is 0 Å². The maximum absolute atomic E-state index is 12.1. The summed E-state index contributed by atoms with van der Waals surface area (Å²) in [5.41, 5.74) is 5.40. The van der Waals surface area contributed by atoms with Gasteiger partial charge in [0.2, 0.25) is 11.8 Å². The molecule has 106 valence electrons. The van der Waals surface area contributed by atoms with Crippen molar-refractivity contribution >= 4 is 33.4 Å². The number of nitrogen functional groups attached to an aromatic ring is 1. The Labute approximate surface area is 120 Å². The third-order valence-corrected chi connectivity index (χ3v) is 3.68. The largest absolute Gasteiger partial charge is 0.481 e. The number of hydrogen-bond acceptors (Lipinski definition) is 7. The minimum absolute atomic E-state index is 0.0463. The zero-order valence-corrected chi connectivity index (χ0v) is 11.8. The molecule has 0 bridgehead atoms. The van der Waals surface area contributed by atoms with Gasteiger partial charge in [-0.1, -0.05) is 11.6 Å². The summed E-state index contributed by atoms with van der Waals surface area (Å²) >= 11 is 5.73. The number of nitrogens with two attached hydrogens (primary N) is 1. The summed E-state index contributed by atoms with van der Waals surface area (Å²) < 4.78 is 31.2. The van der Waals surface area contributed by atoms with Crippen molar-refractivity contribution in [3.63, 3.8) is 0 Å². The molecule has 0 aromatic carbocycles. The van der Waals surface area contributed by atoms with E-state index in [1.165, 1.54) is 25.3 Å². The molecule has 0 aliphatic rings. The van der Waals surface area contributed by atoms with E-state index in [4.69, 9.17) is 22.1 Å². The van der Waals surface area contributed by atoms with Crippen LogP contribution in [0.1, 0.15) is 0 Å². The number of nitrogens with one attached hydrogen (secondary N) is 1. The van der Waals surface area contributed by atoms with Crippen LogP contribution in [0.4, 0.5) is 11.8 Å². The number of methoxy groups -OCH3 is 1. The minimum Gasteiger partial charge on any atom is -0.481 e. The Morgan fingerprint density at radius 2 is 2.10 bits per heavy atom. The van der Waals surface area contributed by atoms with Crippen LogP contribution in [-0.4, -0.2) is 30.5 Å². The van der Waals surface area contributed by atoms with Gasteiger partial charge in [-0.05, 0) is 12.1 Å². The zero-order chi connectivity index (χ0) is 14.8. The molecule has 3 N–H and O–H groups in total. The van der Waals surface area contributed by atoms with Crippen molar-refractivity contribution in [2.24, 2.45) is 0 Å². The van der Waals surface area contributed by atoms with Gasteiger partial charge in [-0.25, -0.2) is 23.1 Å². The summed E-state index contributed by atoms with van der Waals surface area (Å²) in [6, 6.07) is 4.03. The lowest BCUT2D eigenvalue weighted by Gasteiger charge is -2.07. The van der Waals surface area contributed by atoms with E-state index < -0.39 is 10.0 Å². The fourth-order valence-corrected chi connectivity index (χ4v) is 2.34. The van der Waals surface area contributed by atoms with Gasteiger partial charge in [0.1, 0.15) is 15.9 Å². The molecule has 0 radical (unpaired) electrons. The van der Waals surface area contributed by atoms with Crippen LogP contribution in [0.2, 0.25) is 5.15 Å². The van der Waals surface area contributed by atoms with Crippen LogP contribution in [0.25, 0.3) is 0 Å². The molecule has 2 aromatic heterocycles. The predicted octanol–water partition coefficient (Wildman–Crippen LogP) is 0.917. The van der Waals surface area contributed by atoms with Crippen LogP contribution in [0, 0.1) is 0 Å². The normalized spacial score (nSPS) is 11.1. The standard InChI is InChI=1S/C10H10ClN5O3S/c1-19-9-4-7(11)14-10(15-9)16-20(17,18)6-2-3-8(12)13-5-6/h2-5H,1H3,(H2,12,13)(H,14,15,16). The molecule has 0 aliphatic carbocycles. The number of rotatable bonds is 4. The Morgan fingerprint density at radius 3 is 2.70 bits per heavy atom. The summed E-state index contributed by atoms with van der Waals surface area (Å²) in [6.07, 6.45) is 1.12. The number of sulfonamides is 1. The highest BCUT2D eigenvalue weighted by Crippen LogP contribution is 2.18. The lowest BCUT2D eigenvalue weighted by molar-refractivity contribution is 0.397. The number of hydrogen-bond donors (Lipinski definition) is 2. The van der Waals surface area contributed by atoms with Crippen molar-refractivity contribution in [1.82, 2.24) is 15.0 Å². The van der Waals surface area contributed by atoms with E-state index in [9.17, 15) is 8.42 Å². The Morgan fingerprint density at radius 1 is 1.35 bits per heavy atom. The molecule has 0 saturated carbocycles. The van der Waals surface area contributed by atoms with E-state index in [0.29, 0.717) is 0 Å². The van der Waals surface area contributed by atoms with E-state index in [1.54, 1.807) is 0 Å². The first-order valence-electron chi connectivity index (χ1n) is 5.23. The van der Waals surface area contributed by atoms with Crippen molar-refractivity contribution in [3.05, 3.63) is 29.5 Å². The molecule has 20 heavy (non-hydrogen) atoms. The number of ether oxygens (including phenoxy) is 1. The molecule has 10 heteroatoms. The van der Waals surface area contributed by atoms with Gasteiger partial charge in [0, 0.05) is 12.3 Å². The van der Waals surface area contributed by atoms with Gasteiger partial charge in [0.15, 0.2) is 0 Å². The second-order valence-electron chi connectivity index (χ2n) is 3.58. The molecule has 0 amide bonds. The van der Waals surface area contributed by atoms with E-state index in [2.05, 4.69) is 19.7 Å². The lowest BCUT2D eigenvalue weighted by atomic mass is 10.5. The van der Waals surface area contributed by atoms with Crippen LogP contribution in [-0.2, 0) is 10.0 Å². The molecule has 2 heterocycles. The van der Waals surface area contributed by atoms with E-state index in [1.807, 2.05) is 0 Å². The zero-order valence-electron chi connectivity index (χ0n) is 10.2. The maximum Gasteiger partial charge on any atom is 0.265 e. The van der Waals surface area contributed by atoms with Gasteiger partial charge < -0.3 is 10.5 Å². The van der Waals surface area contributed by atoms with Crippen molar-refractivity contribution in [2.45, 2.75) is 4.90 Å². The smallest absolute Gasteiger partial charge is 0.265 e. The first kappa shape index (κ1) is 14.3. The molecular weight excluding hydrogens is 306 g/mol. The summed E-state index contributed by atoms with van der Waals surface area (Å²) in [5.74, 6) is 0.147. The van der Waals surface area contributed by atoms with E-state index >= 15 is 0 Å². The third kappa shape index (κ3) is 3.25. The predicted molar refractivity (Wildman–Crippen MR) is 73.1 cm³/mol. The molecule has 0 saturated heterocycles. The number of anilines is 2. The van der Waals surface area contributed by atoms with Crippen molar-refractivity contribution in [2.75, 3.05) is 17.6 Å². The summed E-state index contributed by atoms with van der Waals surface area (Å²) in [6.45, 7) is 0. The summed E-state index contributed by atoms with van der Waals surface area (Å²) in [4.78, 5) is 11.2. The van der Waals surface area contributed by atoms with Gasteiger partial charge in [-0.2, -0.15) is 4.98 Å². The van der Waals surface area contributed by atoms with Crippen LogP contribution in [0.3, 0.4) is 0 Å². The Kier molecular flexibility index (Phi) is 3.91. The van der Waals surface area contributed by atoms with Gasteiger partial charge in [-0.3, -0.25) is 0 Å². The van der Waals surface area contributed by atoms with Crippen LogP contribution >= 0.6 is 11.6 Å². The topological polar surface area (TPSA) is 120 Å². The van der Waals surface area contributed by atoms with Gasteiger partial charge in [0.05, 0.1) is 7.11 Å². The highest BCUT2D eigenvalue weighted by atomic mass is 35.5. The van der Waals surface area contributed by atoms with Crippen molar-refractivity contribution < 1.29 is 13.2 Å². The van der Waals surface area contributed by atoms with Crippen molar-refractivity contribution in [3.8, 4) is 5.88 Å². The summed E-state index contributed by atoms with van der Waals surface area (Å²) in [5, 5.41) is 0.0463. The van der Waals surface area contributed by atoms with E-state index in [0.717, 1.165) is 6.20 Å². The fourth-order valence-electron chi connectivity index (χ4n) is 1.28. The average Bonchev–Trinajstić information content (AvgIpc) is 2.37. The average molecular weight is 316 g/mol. The van der Waals surface area contributed by atoms with Crippen LogP contribution in [0.15, 0.2) is 29.3 Å². The second kappa shape index (κ2) is 5.47. The molecule has 2 aromatic rings. The number of halogens is 1. The van der Waals surface area contributed by atoms with Gasteiger partial charge in [0.25, 0.3) is 10.0 Å². The SMILES string of the molecule is COc1cc(Cl)nc(NS(=O)(=O)c2ccc(N)nc2)n1. The molecule has 8 nitrogen and oxygen atoms in total. The second-order valence-corrected chi connectivity index (χ2v) is 5.65. The molecule has 0 unspecified atom stereocenters. The van der Waals surface area contributed by atoms with Crippen molar-refractivity contribution in [1.29, 1.82) is 0 Å². The summed E-state index contributed by atoms with van der Waals surface area (Å²) in [7, 11) is -2.50. The Hall–Kier alpha value is -2.13. The monoisotopic (exact) mass is 315 g/mol. The Balaban J connectivity index is 2.33. The minimum atomic E-state index is -3.88. The van der Waals surface area contributed by atoms with Crippen LogP contribution < -0.4 is 15.2 Å². The molecule has 2 rings (SSSR count). The number of nitrogens with zero attached hydrogens (tertiary/aromatic N) is 3. The quantitative estimate of drug-likeness (QED) is 0.805. The molecule has 0 aliphatic heterocycles. The lowest BCUT2D eigenvalue weighted by Crippen LogP contribution is -2.15. The molecular formula is C10H10ClN5O3S. The molecule has 0 spiro atoms. The highest BCUT2D eigenvalue weighted by Gasteiger charge is 2.17. The number of aromatic nitrogens is 3. The number of pyridine rings is 1. The van der Waals surface area contributed by atoms with Crippen LogP contribution in [0.5, 0.6) is 5.88 Å². The molecule has 0 fully saturated rings. The van der Waals surface area contributed by atoms with E-state index in [-0.39, 0.29) is 27.7 Å².